The van der Waals surface area contributed by atoms with E-state index in [4.69, 9.17) is 0 Å². The van der Waals surface area contributed by atoms with Crippen molar-refractivity contribution in [3.8, 4) is 0 Å². The summed E-state index contributed by atoms with van der Waals surface area (Å²) in [5, 5.41) is 13.6. The van der Waals surface area contributed by atoms with Crippen LogP contribution in [0.5, 0.6) is 0 Å². The van der Waals surface area contributed by atoms with Crippen LogP contribution in [0.3, 0.4) is 0 Å². The fraction of sp³-hybridized carbons (Fsp3) is 0.720. The van der Waals surface area contributed by atoms with E-state index in [1.807, 2.05) is 0 Å². The van der Waals surface area contributed by atoms with Crippen LogP contribution in [0, 0.1) is 17.0 Å². The van der Waals surface area contributed by atoms with Gasteiger partial charge in [0, 0.05) is 24.2 Å². The van der Waals surface area contributed by atoms with Gasteiger partial charge in [0.15, 0.2) is 0 Å². The van der Waals surface area contributed by atoms with E-state index in [0.717, 1.165) is 12.8 Å². The van der Waals surface area contributed by atoms with Crippen LogP contribution >= 0.6 is 0 Å². The molecule has 170 valence electrons. The van der Waals surface area contributed by atoms with Gasteiger partial charge in [0.1, 0.15) is 0 Å². The Morgan fingerprint density at radius 2 is 1.30 bits per heavy atom. The summed E-state index contributed by atoms with van der Waals surface area (Å²) in [5.74, 6) is -0.0124. The van der Waals surface area contributed by atoms with Crippen LogP contribution in [0.1, 0.15) is 115 Å². The zero-order valence-electron chi connectivity index (χ0n) is 19.2. The third-order valence-corrected chi connectivity index (χ3v) is 5.70. The molecule has 0 fully saturated rings. The molecular weight excluding hydrogens is 376 g/mol. The van der Waals surface area contributed by atoms with E-state index in [1.54, 1.807) is 13.0 Å². The molecule has 0 bridgehead atoms. The number of unbranched alkanes of at least 4 members (excludes halogenated alkanes) is 14. The van der Waals surface area contributed by atoms with E-state index in [2.05, 4.69) is 12.2 Å². The second-order valence-electron chi connectivity index (χ2n) is 8.50. The Balaban J connectivity index is 1.94. The normalized spacial score (nSPS) is 10.9. The number of hydrogen-bond acceptors (Lipinski definition) is 3. The summed E-state index contributed by atoms with van der Waals surface area (Å²) in [6.07, 6.45) is 20.1. The number of amides is 1. The van der Waals surface area contributed by atoms with Crippen LogP contribution in [0.2, 0.25) is 0 Å². The Bertz CT molecular complexity index is 616. The van der Waals surface area contributed by atoms with Crippen molar-refractivity contribution in [3.05, 3.63) is 33.9 Å². The zero-order valence-corrected chi connectivity index (χ0v) is 19.2. The molecule has 0 saturated carbocycles. The van der Waals surface area contributed by atoms with Crippen LogP contribution in [-0.4, -0.2) is 10.8 Å². The molecule has 1 amide bonds. The van der Waals surface area contributed by atoms with Crippen molar-refractivity contribution in [2.75, 3.05) is 5.32 Å². The molecule has 0 heterocycles. The first-order chi connectivity index (χ1) is 14.5. The minimum Gasteiger partial charge on any atom is -0.326 e. The van der Waals surface area contributed by atoms with Crippen molar-refractivity contribution in [1.82, 2.24) is 0 Å². The highest BCUT2D eigenvalue weighted by atomic mass is 16.6. The molecule has 30 heavy (non-hydrogen) atoms. The van der Waals surface area contributed by atoms with Gasteiger partial charge >= 0.3 is 0 Å². The highest BCUT2D eigenvalue weighted by molar-refractivity contribution is 5.91. The SMILES string of the molecule is CCCCCCCCCCCCCCCCCC(=O)Nc1ccc([N+](=O)[O-])cc1C. The second-order valence-corrected chi connectivity index (χ2v) is 8.50. The Labute approximate surface area is 183 Å². The van der Waals surface area contributed by atoms with Crippen molar-refractivity contribution >= 4 is 17.3 Å². The first kappa shape index (κ1) is 26.1. The standard InChI is InChI=1S/C25H42N2O3/c1-3-4-5-6-7-8-9-10-11-12-13-14-15-16-17-18-25(28)26-24-20-19-23(27(29)30)21-22(24)2/h19-21H,3-18H2,1-2H3,(H,26,28). The van der Waals surface area contributed by atoms with Crippen LogP contribution < -0.4 is 5.32 Å². The summed E-state index contributed by atoms with van der Waals surface area (Å²) >= 11 is 0. The fourth-order valence-corrected chi connectivity index (χ4v) is 3.77. The molecule has 0 aliphatic rings. The summed E-state index contributed by atoms with van der Waals surface area (Å²) < 4.78 is 0. The van der Waals surface area contributed by atoms with Gasteiger partial charge in [0.25, 0.3) is 5.69 Å². The number of hydrogen-bond donors (Lipinski definition) is 1. The molecular formula is C25H42N2O3. The van der Waals surface area contributed by atoms with Crippen molar-refractivity contribution < 1.29 is 9.72 Å². The Morgan fingerprint density at radius 1 is 0.833 bits per heavy atom. The van der Waals surface area contributed by atoms with E-state index >= 15 is 0 Å². The number of non-ortho nitro benzene ring substituents is 1. The molecule has 1 aromatic carbocycles. The van der Waals surface area contributed by atoms with Gasteiger partial charge in [-0.15, -0.1) is 0 Å². The molecule has 1 N–H and O–H groups in total. The highest BCUT2D eigenvalue weighted by Crippen LogP contribution is 2.21. The van der Waals surface area contributed by atoms with Gasteiger partial charge in [-0.25, -0.2) is 0 Å². The van der Waals surface area contributed by atoms with Gasteiger partial charge in [-0.3, -0.25) is 14.9 Å². The predicted molar refractivity (Wildman–Crippen MR) is 126 cm³/mol. The number of nitrogens with one attached hydrogen (secondary N) is 1. The lowest BCUT2D eigenvalue weighted by atomic mass is 10.0. The van der Waals surface area contributed by atoms with Gasteiger partial charge < -0.3 is 5.32 Å². The highest BCUT2D eigenvalue weighted by Gasteiger charge is 2.10. The molecule has 0 unspecified atom stereocenters. The lowest BCUT2D eigenvalue weighted by molar-refractivity contribution is -0.384. The summed E-state index contributed by atoms with van der Waals surface area (Å²) in [6.45, 7) is 4.04. The number of aryl methyl sites for hydroxylation is 1. The molecule has 5 heteroatoms. The minimum absolute atomic E-state index is 0.0124. The summed E-state index contributed by atoms with van der Waals surface area (Å²) in [4.78, 5) is 22.4. The van der Waals surface area contributed by atoms with E-state index in [1.165, 1.54) is 95.6 Å². The maximum atomic E-state index is 12.1. The lowest BCUT2D eigenvalue weighted by Gasteiger charge is -2.08. The van der Waals surface area contributed by atoms with E-state index in [9.17, 15) is 14.9 Å². The maximum absolute atomic E-state index is 12.1. The third-order valence-electron chi connectivity index (χ3n) is 5.70. The van der Waals surface area contributed by atoms with Crippen LogP contribution in [0.4, 0.5) is 11.4 Å². The average Bonchev–Trinajstić information content (AvgIpc) is 2.72. The van der Waals surface area contributed by atoms with Crippen molar-refractivity contribution in [2.45, 2.75) is 117 Å². The second kappa shape index (κ2) is 16.8. The lowest BCUT2D eigenvalue weighted by Crippen LogP contribution is -2.12. The molecule has 1 rings (SSSR count). The number of anilines is 1. The molecule has 1 aromatic rings. The molecule has 0 aliphatic heterocycles. The van der Waals surface area contributed by atoms with Crippen molar-refractivity contribution in [2.24, 2.45) is 0 Å². The van der Waals surface area contributed by atoms with Crippen LogP contribution in [0.15, 0.2) is 18.2 Å². The quantitative estimate of drug-likeness (QED) is 0.149. The van der Waals surface area contributed by atoms with Gasteiger partial charge in [0.2, 0.25) is 5.91 Å². The maximum Gasteiger partial charge on any atom is 0.269 e. The first-order valence-corrected chi connectivity index (χ1v) is 12.1. The minimum atomic E-state index is -0.422. The van der Waals surface area contributed by atoms with E-state index in [-0.39, 0.29) is 11.6 Å². The van der Waals surface area contributed by atoms with Crippen molar-refractivity contribution in [1.29, 1.82) is 0 Å². The third kappa shape index (κ3) is 12.6. The van der Waals surface area contributed by atoms with Gasteiger partial charge in [-0.05, 0) is 25.0 Å². The number of rotatable bonds is 18. The molecule has 0 radical (unpaired) electrons. The van der Waals surface area contributed by atoms with Crippen LogP contribution in [-0.2, 0) is 4.79 Å². The number of nitro benzene ring substituents is 1. The summed E-state index contributed by atoms with van der Waals surface area (Å²) in [5.41, 5.74) is 1.42. The number of nitrogens with zero attached hydrogens (tertiary/aromatic N) is 1. The van der Waals surface area contributed by atoms with E-state index in [0.29, 0.717) is 17.7 Å². The molecule has 0 aromatic heterocycles. The van der Waals surface area contributed by atoms with Gasteiger partial charge in [0.05, 0.1) is 4.92 Å². The zero-order chi connectivity index (χ0) is 22.0. The van der Waals surface area contributed by atoms with Crippen molar-refractivity contribution in [3.63, 3.8) is 0 Å². The average molecular weight is 419 g/mol. The Kier molecular flexibility index (Phi) is 14.7. The van der Waals surface area contributed by atoms with Gasteiger partial charge in [-0.1, -0.05) is 96.8 Å². The Morgan fingerprint density at radius 3 is 1.73 bits per heavy atom. The first-order valence-electron chi connectivity index (χ1n) is 12.1. The van der Waals surface area contributed by atoms with E-state index < -0.39 is 4.92 Å². The number of benzene rings is 1. The molecule has 0 aliphatic carbocycles. The summed E-state index contributed by atoms with van der Waals surface area (Å²) in [6, 6.07) is 4.53. The predicted octanol–water partition coefficient (Wildman–Crippen LogP) is 8.10. The number of nitro groups is 1. The molecule has 0 spiro atoms. The fourth-order valence-electron chi connectivity index (χ4n) is 3.77. The molecule has 5 nitrogen and oxygen atoms in total. The summed E-state index contributed by atoms with van der Waals surface area (Å²) in [7, 11) is 0. The smallest absolute Gasteiger partial charge is 0.269 e. The number of carbonyl (C=O) groups is 1. The topological polar surface area (TPSA) is 72.2 Å². The monoisotopic (exact) mass is 418 g/mol. The molecule has 0 saturated heterocycles. The largest absolute Gasteiger partial charge is 0.326 e. The molecule has 0 atom stereocenters. The van der Waals surface area contributed by atoms with Crippen LogP contribution in [0.25, 0.3) is 0 Å². The number of carbonyl (C=O) groups excluding carboxylic acids is 1. The Hall–Kier alpha value is -1.91. The van der Waals surface area contributed by atoms with Gasteiger partial charge in [-0.2, -0.15) is 0 Å².